The van der Waals surface area contributed by atoms with Crippen LogP contribution in [0.3, 0.4) is 0 Å². The number of alkyl halides is 3. The van der Waals surface area contributed by atoms with E-state index in [-0.39, 0.29) is 23.5 Å². The minimum atomic E-state index is -4.94. The largest absolute Gasteiger partial charge is 0.458 e. The van der Waals surface area contributed by atoms with Gasteiger partial charge in [-0.2, -0.15) is 24.9 Å². The van der Waals surface area contributed by atoms with Crippen LogP contribution in [0.4, 0.5) is 18.0 Å². The SMILES string of the molecule is CC(C)(C)OC(=O)N[C@@H](CCSCCC(O)(c1ccc(-c2ccc(Cl)cc2Cl)cc1)C(F)(F)F)C(=O)OC(C)(C)C. The molecular weight excluding hydrogens is 602 g/mol. The second-order valence-electron chi connectivity index (χ2n) is 11.4. The Kier molecular flexibility index (Phi) is 11.9. The quantitative estimate of drug-likeness (QED) is 0.202. The normalized spacial score (nSPS) is 14.6. The van der Waals surface area contributed by atoms with Crippen molar-refractivity contribution in [2.45, 2.75) is 83.4 Å². The highest BCUT2D eigenvalue weighted by Gasteiger charge is 2.54. The zero-order chi connectivity index (χ0) is 31.2. The summed E-state index contributed by atoms with van der Waals surface area (Å²) in [5, 5.41) is 14.1. The average Bonchev–Trinajstić information content (AvgIpc) is 2.80. The van der Waals surface area contributed by atoms with Crippen molar-refractivity contribution in [3.63, 3.8) is 0 Å². The molecule has 12 heteroatoms. The molecule has 0 spiro atoms. The third-order valence-electron chi connectivity index (χ3n) is 5.61. The van der Waals surface area contributed by atoms with E-state index in [1.165, 1.54) is 30.3 Å². The van der Waals surface area contributed by atoms with Crippen LogP contribution in [0, 0.1) is 0 Å². The van der Waals surface area contributed by atoms with Crippen LogP contribution in [-0.2, 0) is 19.9 Å². The number of thioether (sulfide) groups is 1. The van der Waals surface area contributed by atoms with Crippen molar-refractivity contribution in [1.82, 2.24) is 5.32 Å². The minimum absolute atomic E-state index is 0.0751. The van der Waals surface area contributed by atoms with Gasteiger partial charge in [0.25, 0.3) is 0 Å². The first-order chi connectivity index (χ1) is 18.7. The van der Waals surface area contributed by atoms with Crippen LogP contribution in [0.1, 0.15) is 59.9 Å². The van der Waals surface area contributed by atoms with Crippen LogP contribution in [0.25, 0.3) is 11.1 Å². The minimum Gasteiger partial charge on any atom is -0.458 e. The van der Waals surface area contributed by atoms with Crippen molar-refractivity contribution in [3.8, 4) is 11.1 Å². The predicted molar refractivity (Wildman–Crippen MR) is 157 cm³/mol. The second kappa shape index (κ2) is 13.9. The molecule has 6 nitrogen and oxygen atoms in total. The van der Waals surface area contributed by atoms with Gasteiger partial charge in [-0.25, -0.2) is 9.59 Å². The van der Waals surface area contributed by atoms with Gasteiger partial charge in [-0.15, -0.1) is 0 Å². The molecule has 2 N–H and O–H groups in total. The third-order valence-corrected chi connectivity index (χ3v) is 7.18. The molecule has 228 valence electrons. The van der Waals surface area contributed by atoms with Gasteiger partial charge in [-0.05, 0) is 89.1 Å². The molecule has 0 aliphatic carbocycles. The van der Waals surface area contributed by atoms with E-state index in [0.717, 1.165) is 11.8 Å². The first-order valence-corrected chi connectivity index (χ1v) is 14.8. The van der Waals surface area contributed by atoms with Crippen LogP contribution >= 0.6 is 35.0 Å². The Labute approximate surface area is 253 Å². The number of ether oxygens (including phenoxy) is 2. The van der Waals surface area contributed by atoms with Gasteiger partial charge < -0.3 is 19.9 Å². The highest BCUT2D eigenvalue weighted by atomic mass is 35.5. The third kappa shape index (κ3) is 10.9. The standard InChI is InChI=1S/C29H36Cl2F3NO5S/c1-26(2,3)39-24(36)23(35-25(37)40-27(4,5)6)13-15-41-16-14-28(38,29(32,33)34)19-9-7-18(8-10-19)21-12-11-20(30)17-22(21)31/h7-12,17,23,38H,13-16H2,1-6H3,(H,35,37)/t23-,28?/m0/s1. The van der Waals surface area contributed by atoms with Gasteiger partial charge in [-0.1, -0.05) is 53.5 Å². The summed E-state index contributed by atoms with van der Waals surface area (Å²) < 4.78 is 52.8. The molecule has 0 aliphatic heterocycles. The molecule has 2 atom stereocenters. The number of nitrogens with one attached hydrogen (secondary N) is 1. The number of rotatable bonds is 10. The van der Waals surface area contributed by atoms with Crippen molar-refractivity contribution < 1.29 is 37.3 Å². The maximum Gasteiger partial charge on any atom is 0.421 e. The van der Waals surface area contributed by atoms with E-state index < -0.39 is 47.5 Å². The number of amides is 1. The highest BCUT2D eigenvalue weighted by Crippen LogP contribution is 2.43. The number of hydrogen-bond acceptors (Lipinski definition) is 6. The van der Waals surface area contributed by atoms with Crippen LogP contribution in [0.5, 0.6) is 0 Å². The van der Waals surface area contributed by atoms with Gasteiger partial charge >= 0.3 is 18.2 Å². The summed E-state index contributed by atoms with van der Waals surface area (Å²) in [6.07, 6.45) is -6.30. The van der Waals surface area contributed by atoms with E-state index in [4.69, 9.17) is 32.7 Å². The van der Waals surface area contributed by atoms with Crippen LogP contribution in [0.15, 0.2) is 42.5 Å². The van der Waals surface area contributed by atoms with Gasteiger partial charge in [-0.3, -0.25) is 0 Å². The number of carbonyl (C=O) groups is 2. The highest BCUT2D eigenvalue weighted by molar-refractivity contribution is 7.99. The summed E-state index contributed by atoms with van der Waals surface area (Å²) in [7, 11) is 0. The fraction of sp³-hybridized carbons (Fsp3) is 0.517. The molecule has 0 radical (unpaired) electrons. The van der Waals surface area contributed by atoms with Crippen LogP contribution in [-0.4, -0.2) is 52.1 Å². The first-order valence-electron chi connectivity index (χ1n) is 12.9. The molecule has 2 aromatic rings. The molecule has 0 fully saturated rings. The summed E-state index contributed by atoms with van der Waals surface area (Å²) in [6.45, 7) is 10.1. The van der Waals surface area contributed by atoms with Crippen LogP contribution in [0.2, 0.25) is 10.0 Å². The number of benzene rings is 2. The monoisotopic (exact) mass is 637 g/mol. The number of hydrogen-bond donors (Lipinski definition) is 2. The predicted octanol–water partition coefficient (Wildman–Crippen LogP) is 8.16. The van der Waals surface area contributed by atoms with Gasteiger partial charge in [0.2, 0.25) is 0 Å². The molecule has 0 heterocycles. The topological polar surface area (TPSA) is 84.9 Å². The smallest absolute Gasteiger partial charge is 0.421 e. The fourth-order valence-electron chi connectivity index (χ4n) is 3.69. The lowest BCUT2D eigenvalue weighted by Gasteiger charge is -2.31. The van der Waals surface area contributed by atoms with Gasteiger partial charge in [0.05, 0.1) is 0 Å². The van der Waals surface area contributed by atoms with Crippen molar-refractivity contribution in [1.29, 1.82) is 0 Å². The molecule has 2 aromatic carbocycles. The van der Waals surface area contributed by atoms with Crippen molar-refractivity contribution in [2.75, 3.05) is 11.5 Å². The van der Waals surface area contributed by atoms with Crippen molar-refractivity contribution >= 4 is 47.0 Å². The molecule has 1 amide bonds. The molecule has 2 rings (SSSR count). The number of esters is 1. The van der Waals surface area contributed by atoms with E-state index in [1.807, 2.05) is 0 Å². The second-order valence-corrected chi connectivity index (χ2v) is 13.5. The molecule has 0 saturated carbocycles. The molecule has 0 aliphatic rings. The zero-order valence-electron chi connectivity index (χ0n) is 23.8. The summed E-state index contributed by atoms with van der Waals surface area (Å²) in [5.41, 5.74) is -3.85. The van der Waals surface area contributed by atoms with Gasteiger partial charge in [0, 0.05) is 15.6 Å². The Bertz CT molecular complexity index is 1200. The zero-order valence-corrected chi connectivity index (χ0v) is 26.2. The maximum absolute atomic E-state index is 14.1. The number of aliphatic hydroxyl groups is 1. The molecular formula is C29H36Cl2F3NO5S. The Morgan fingerprint density at radius 1 is 0.927 bits per heavy atom. The Morgan fingerprint density at radius 2 is 1.51 bits per heavy atom. The Balaban J connectivity index is 2.08. The molecule has 41 heavy (non-hydrogen) atoms. The van der Waals surface area contributed by atoms with E-state index >= 15 is 0 Å². The van der Waals surface area contributed by atoms with E-state index in [1.54, 1.807) is 53.7 Å². The van der Waals surface area contributed by atoms with Crippen LogP contribution < -0.4 is 5.32 Å². The molecule has 0 bridgehead atoms. The fourth-order valence-corrected chi connectivity index (χ4v) is 5.26. The Morgan fingerprint density at radius 3 is 2.02 bits per heavy atom. The molecule has 0 saturated heterocycles. The lowest BCUT2D eigenvalue weighted by atomic mass is 9.89. The van der Waals surface area contributed by atoms with E-state index in [2.05, 4.69) is 5.32 Å². The van der Waals surface area contributed by atoms with E-state index in [0.29, 0.717) is 21.2 Å². The lowest BCUT2D eigenvalue weighted by molar-refractivity contribution is -0.267. The van der Waals surface area contributed by atoms with Gasteiger partial charge in [0.1, 0.15) is 17.2 Å². The van der Waals surface area contributed by atoms with Crippen molar-refractivity contribution in [3.05, 3.63) is 58.1 Å². The average molecular weight is 639 g/mol. The van der Waals surface area contributed by atoms with Gasteiger partial charge in [0.15, 0.2) is 5.60 Å². The molecule has 1 unspecified atom stereocenters. The maximum atomic E-state index is 14.1. The summed E-state index contributed by atoms with van der Waals surface area (Å²) >= 11 is 13.2. The lowest BCUT2D eigenvalue weighted by Crippen LogP contribution is -2.46. The molecule has 0 aromatic heterocycles. The first kappa shape index (κ1) is 35.1. The number of alkyl carbamates (subject to hydrolysis) is 1. The summed E-state index contributed by atoms with van der Waals surface area (Å²) in [5.74, 6) is -0.549. The number of halogens is 5. The summed E-state index contributed by atoms with van der Waals surface area (Å²) in [6, 6.07) is 9.12. The van der Waals surface area contributed by atoms with Crippen molar-refractivity contribution in [2.24, 2.45) is 0 Å². The Hall–Kier alpha value is -2.14. The number of carbonyl (C=O) groups excluding carboxylic acids is 2. The summed E-state index contributed by atoms with van der Waals surface area (Å²) in [4.78, 5) is 24.9. The van der Waals surface area contributed by atoms with E-state index in [9.17, 15) is 27.9 Å².